The highest BCUT2D eigenvalue weighted by atomic mass is 28.4. The molecule has 2 atom stereocenters. The average molecular weight is 903 g/mol. The Balaban J connectivity index is 1.28. The zero-order valence-corrected chi connectivity index (χ0v) is 38.3. The third-order valence-corrected chi connectivity index (χ3v) is 27.0. The molecule has 0 saturated heterocycles. The summed E-state index contributed by atoms with van der Waals surface area (Å²) in [4.78, 5) is 5.21. The minimum absolute atomic E-state index is 0.0155. The first kappa shape index (κ1) is 30.8. The number of aromatic nitrogens is 3. The Kier molecular flexibility index (Phi) is 6.96. The second-order valence-corrected chi connectivity index (χ2v) is 27.5. The van der Waals surface area contributed by atoms with Crippen molar-refractivity contribution in [3.8, 4) is 17.2 Å². The molecule has 6 nitrogen and oxygen atoms in total. The highest BCUT2D eigenvalue weighted by molar-refractivity contribution is 7.20. The molecule has 0 radical (unpaired) electrons. The molecule has 0 N–H and O–H groups in total. The van der Waals surface area contributed by atoms with Crippen LogP contribution in [0.1, 0.15) is 23.5 Å². The van der Waals surface area contributed by atoms with E-state index in [4.69, 9.17) is 18.6 Å². The van der Waals surface area contributed by atoms with Gasteiger partial charge in [0.1, 0.15) is 27.6 Å². The fourth-order valence-corrected chi connectivity index (χ4v) is 24.3. The van der Waals surface area contributed by atoms with Gasteiger partial charge in [-0.05, 0) is 87.5 Å². The largest absolute Gasteiger partial charge is 0.474 e. The zero-order valence-electron chi connectivity index (χ0n) is 44.3. The Morgan fingerprint density at radius 2 is 1.11 bits per heavy atom. The second-order valence-electron chi connectivity index (χ2n) is 17.0. The van der Waals surface area contributed by atoms with E-state index in [0.29, 0.717) is 5.19 Å². The Morgan fingerprint density at radius 3 is 1.80 bits per heavy atom. The van der Waals surface area contributed by atoms with E-state index < -0.39 is 48.3 Å². The summed E-state index contributed by atoms with van der Waals surface area (Å²) in [5.41, 5.74) is 4.84. The van der Waals surface area contributed by atoms with Crippen molar-refractivity contribution in [2.45, 2.75) is 30.6 Å². The van der Waals surface area contributed by atoms with Crippen LogP contribution >= 0.6 is 0 Å². The van der Waals surface area contributed by atoms with Crippen molar-refractivity contribution in [2.75, 3.05) is 0 Å². The van der Waals surface area contributed by atoms with Crippen LogP contribution in [-0.4, -0.2) is 38.2 Å². The van der Waals surface area contributed by atoms with Crippen LogP contribution in [0.15, 0.2) is 222 Å². The lowest BCUT2D eigenvalue weighted by molar-refractivity contribution is 0.451. The van der Waals surface area contributed by atoms with Gasteiger partial charge in [-0.25, -0.2) is 4.98 Å². The molecule has 316 valence electrons. The summed E-state index contributed by atoms with van der Waals surface area (Å²) in [5.74, 6) is 1.05. The molecule has 12 rings (SSSR count). The van der Waals surface area contributed by atoms with E-state index in [2.05, 4.69) is 69.6 Å². The highest BCUT2D eigenvalue weighted by Gasteiger charge is 2.66. The number of ether oxygens (including phenoxy) is 1. The van der Waals surface area contributed by atoms with Gasteiger partial charge < -0.3 is 13.6 Å². The molecule has 9 heteroatoms. The van der Waals surface area contributed by atoms with E-state index in [-0.39, 0.29) is 33.4 Å². The van der Waals surface area contributed by atoms with Crippen LogP contribution in [0.5, 0.6) is 11.5 Å². The molecule has 0 aliphatic carbocycles. The normalized spacial score (nSPS) is 18.6. The number of fused-ring (bicyclic) bond motifs is 7. The third-order valence-electron chi connectivity index (χ3n) is 13.6. The van der Waals surface area contributed by atoms with Crippen LogP contribution in [0, 0.1) is 0 Å². The first-order valence-corrected chi connectivity index (χ1v) is 28.1. The van der Waals surface area contributed by atoms with E-state index in [1.54, 1.807) is 49.0 Å². The van der Waals surface area contributed by atoms with Crippen LogP contribution in [-0.2, 0) is 4.66 Å². The van der Waals surface area contributed by atoms with Gasteiger partial charge in [0.2, 0.25) is 5.78 Å². The summed E-state index contributed by atoms with van der Waals surface area (Å²) in [6.45, 7) is -8.16. The number of para-hydroxylation sites is 6. The van der Waals surface area contributed by atoms with Gasteiger partial charge in [-0.15, -0.1) is 0 Å². The molecule has 0 amide bonds. The minimum atomic E-state index is -5.71. The molecule has 5 heterocycles. The standard InChI is InChI=1S/C56H47N3O3Si3/c1-63(2,52-35-19-37-60-52)56(64(3,4)53-36-20-38-61-53)44-27-11-16-33-50(44)62-54-45(56)28-18-34-51(54)65(41-22-7-5-8-23-41,42-24-9-6-10-25-42)43-26-17-21-40(39-43)58-48-31-14-15-32-49(48)59-47-30-13-12-29-46(47)57-55(58)59/h5-39H,1-4H3/i1D3,2D3,3D3. The molecule has 2 unspecified atom stereocenters. The molecular formula is C56H47N3O3Si3. The number of benzene rings is 7. The first-order chi connectivity index (χ1) is 35.5. The lowest BCUT2D eigenvalue weighted by atomic mass is 9.98. The summed E-state index contributed by atoms with van der Waals surface area (Å²) in [5, 5.41) is 3.16. The van der Waals surface area contributed by atoms with E-state index in [0.717, 1.165) is 49.1 Å². The van der Waals surface area contributed by atoms with Gasteiger partial charge in [0, 0.05) is 33.8 Å². The van der Waals surface area contributed by atoms with Crippen molar-refractivity contribution in [1.82, 2.24) is 14.0 Å². The maximum atomic E-state index is 9.89. The highest BCUT2D eigenvalue weighted by Crippen LogP contribution is 2.56. The monoisotopic (exact) mass is 902 g/mol. The average Bonchev–Trinajstić information content (AvgIpc) is 4.23. The van der Waals surface area contributed by atoms with Gasteiger partial charge >= 0.3 is 0 Å². The van der Waals surface area contributed by atoms with Crippen molar-refractivity contribution in [2.24, 2.45) is 0 Å². The van der Waals surface area contributed by atoms with Gasteiger partial charge in [0.05, 0.1) is 45.4 Å². The Morgan fingerprint density at radius 1 is 0.523 bits per heavy atom. The van der Waals surface area contributed by atoms with E-state index in [1.165, 1.54) is 24.7 Å². The Bertz CT molecular complexity index is 3840. The summed E-state index contributed by atoms with van der Waals surface area (Å²) in [7, 11) is -14.5. The van der Waals surface area contributed by atoms with Gasteiger partial charge in [-0.2, -0.15) is 0 Å². The van der Waals surface area contributed by atoms with Crippen molar-refractivity contribution in [3.63, 3.8) is 0 Å². The molecule has 0 fully saturated rings. The summed E-state index contributed by atoms with van der Waals surface area (Å²) >= 11 is 0. The number of rotatable bonds is 9. The minimum Gasteiger partial charge on any atom is -0.474 e. The van der Waals surface area contributed by atoms with Crippen molar-refractivity contribution in [1.29, 1.82) is 0 Å². The number of hydrogen-bond donors (Lipinski definition) is 0. The maximum Gasteiger partial charge on any atom is 0.220 e. The van der Waals surface area contributed by atoms with Crippen LogP contribution in [0.2, 0.25) is 26.0 Å². The molecule has 1 aliphatic rings. The Hall–Kier alpha value is -7.18. The lowest BCUT2D eigenvalue weighted by Gasteiger charge is -2.55. The summed E-state index contributed by atoms with van der Waals surface area (Å²) < 4.78 is 111. The number of imidazole rings is 2. The van der Waals surface area contributed by atoms with Crippen molar-refractivity contribution < 1.29 is 25.9 Å². The molecule has 1 aliphatic heterocycles. The number of hydrogen-bond acceptors (Lipinski definition) is 4. The molecule has 4 aromatic heterocycles. The van der Waals surface area contributed by atoms with E-state index >= 15 is 0 Å². The van der Waals surface area contributed by atoms with Crippen molar-refractivity contribution >= 4 is 83.6 Å². The van der Waals surface area contributed by atoms with Crippen LogP contribution in [0.25, 0.3) is 33.5 Å². The molecule has 0 bridgehead atoms. The van der Waals surface area contributed by atoms with Crippen LogP contribution < -0.4 is 36.3 Å². The molecule has 0 spiro atoms. The number of nitrogens with zero attached hydrogens (tertiary/aromatic N) is 3. The quantitative estimate of drug-likeness (QED) is 0.107. The predicted molar refractivity (Wildman–Crippen MR) is 272 cm³/mol. The van der Waals surface area contributed by atoms with E-state index in [1.807, 2.05) is 84.9 Å². The molecule has 65 heavy (non-hydrogen) atoms. The lowest BCUT2D eigenvalue weighted by Crippen LogP contribution is -2.77. The maximum absolute atomic E-state index is 9.89. The van der Waals surface area contributed by atoms with Crippen molar-refractivity contribution in [3.05, 3.63) is 224 Å². The fourth-order valence-electron chi connectivity index (χ4n) is 10.9. The zero-order chi connectivity index (χ0) is 51.5. The second kappa shape index (κ2) is 14.7. The summed E-state index contributed by atoms with van der Waals surface area (Å²) in [6.07, 6.45) is 2.64. The van der Waals surface area contributed by atoms with Gasteiger partial charge in [-0.3, -0.25) is 8.97 Å². The number of furan rings is 2. The topological polar surface area (TPSA) is 57.7 Å². The van der Waals surface area contributed by atoms with Gasteiger partial charge in [-0.1, -0.05) is 159 Å². The predicted octanol–water partition coefficient (Wildman–Crippen LogP) is 9.70. The Labute approximate surface area is 393 Å². The van der Waals surface area contributed by atoms with E-state index in [9.17, 15) is 12.3 Å². The first-order valence-electron chi connectivity index (χ1n) is 26.1. The van der Waals surface area contributed by atoms with Crippen LogP contribution in [0.4, 0.5) is 0 Å². The smallest absolute Gasteiger partial charge is 0.220 e. The van der Waals surface area contributed by atoms with Gasteiger partial charge in [0.15, 0.2) is 8.07 Å². The molecule has 11 aromatic rings. The SMILES string of the molecule is [2H]C([2H])([2H])[Si](C)(c1ccco1)C1([Si](c2ccco2)(C([2H])([2H])[2H])C([2H])([2H])[2H])c2ccccc2Oc2c1cccc2[Si](c1ccccc1)(c1ccccc1)c1cccc(-n2c3ccccc3n3c4ccccc4nc23)c1. The summed E-state index contributed by atoms with van der Waals surface area (Å²) in [6, 6.07) is 63.2. The van der Waals surface area contributed by atoms with Gasteiger partial charge in [0.25, 0.3) is 0 Å². The molecular weight excluding hydrogens is 847 g/mol. The fraction of sp³-hybridized carbons (Fsp3) is 0.0893. The molecule has 0 saturated carbocycles. The third kappa shape index (κ3) is 5.40. The van der Waals surface area contributed by atoms with Crippen LogP contribution in [0.3, 0.4) is 0 Å². The molecule has 7 aromatic carbocycles.